The number of ether oxygens (including phenoxy) is 1. The molecule has 2 fully saturated rings. The normalized spacial score (nSPS) is 29.0. The van der Waals surface area contributed by atoms with Gasteiger partial charge in [0.05, 0.1) is 6.61 Å². The number of thiophene rings is 1. The number of hydrogen-bond donors (Lipinski definition) is 0. The second-order valence-electron chi connectivity index (χ2n) is 6.84. The summed E-state index contributed by atoms with van der Waals surface area (Å²) in [4.78, 5) is 19.8. The third kappa shape index (κ3) is 4.33. The van der Waals surface area contributed by atoms with Crippen molar-refractivity contribution in [1.82, 2.24) is 14.7 Å². The first-order valence-electron chi connectivity index (χ1n) is 8.48. The quantitative estimate of drug-likeness (QED) is 0.801. The number of likely N-dealkylation sites (N-methyl/N-ethyl adjacent to an activating group) is 2. The van der Waals surface area contributed by atoms with Gasteiger partial charge in [0, 0.05) is 50.7 Å². The molecule has 0 unspecified atom stereocenters. The molecule has 2 aliphatic heterocycles. The molecule has 0 radical (unpaired) electrons. The van der Waals surface area contributed by atoms with Gasteiger partial charge in [-0.2, -0.15) is 0 Å². The fourth-order valence-electron chi connectivity index (χ4n) is 3.49. The first-order chi connectivity index (χ1) is 11.5. The van der Waals surface area contributed by atoms with Crippen molar-refractivity contribution in [3.8, 4) is 0 Å². The van der Waals surface area contributed by atoms with E-state index in [1.54, 1.807) is 23.3 Å². The van der Waals surface area contributed by atoms with Gasteiger partial charge in [-0.25, -0.2) is 4.39 Å². The lowest BCUT2D eigenvalue weighted by Crippen LogP contribution is -2.51. The lowest BCUT2D eigenvalue weighted by molar-refractivity contribution is -0.148. The Kier molecular flexibility index (Phi) is 5.86. The Bertz CT molecular complexity index is 542. The van der Waals surface area contributed by atoms with Crippen LogP contribution in [0.2, 0.25) is 0 Å². The number of hydrogen-bond acceptors (Lipinski definition) is 5. The lowest BCUT2D eigenvalue weighted by Gasteiger charge is -2.33. The van der Waals surface area contributed by atoms with Crippen LogP contribution < -0.4 is 0 Å². The fourth-order valence-corrected chi connectivity index (χ4v) is 4.22. The molecule has 5 nitrogen and oxygen atoms in total. The first-order valence-corrected chi connectivity index (χ1v) is 9.36. The van der Waals surface area contributed by atoms with Gasteiger partial charge in [-0.1, -0.05) is 6.07 Å². The molecule has 0 N–H and O–H groups in total. The molecule has 3 atom stereocenters. The summed E-state index contributed by atoms with van der Waals surface area (Å²) in [6.45, 7) is 3.82. The molecule has 7 heteroatoms. The Hall–Kier alpha value is -1.02. The Morgan fingerprint density at radius 3 is 3.04 bits per heavy atom. The van der Waals surface area contributed by atoms with Gasteiger partial charge >= 0.3 is 0 Å². The molecule has 3 rings (SSSR count). The van der Waals surface area contributed by atoms with E-state index in [0.717, 1.165) is 13.1 Å². The summed E-state index contributed by atoms with van der Waals surface area (Å²) in [5, 5.41) is 2.04. The molecule has 0 bridgehead atoms. The van der Waals surface area contributed by atoms with Gasteiger partial charge in [0.2, 0.25) is 0 Å². The van der Waals surface area contributed by atoms with Crippen LogP contribution in [0.25, 0.3) is 0 Å². The van der Waals surface area contributed by atoms with Crippen molar-refractivity contribution in [2.24, 2.45) is 0 Å². The summed E-state index contributed by atoms with van der Waals surface area (Å²) >= 11 is 1.69. The fraction of sp³-hybridized carbons (Fsp3) is 0.706. The van der Waals surface area contributed by atoms with E-state index in [1.165, 1.54) is 4.88 Å². The van der Waals surface area contributed by atoms with Crippen LogP contribution in [0, 0.1) is 0 Å². The highest BCUT2D eigenvalue weighted by Gasteiger charge is 2.35. The van der Waals surface area contributed by atoms with E-state index < -0.39 is 12.3 Å². The van der Waals surface area contributed by atoms with Gasteiger partial charge in [-0.15, -0.1) is 11.3 Å². The van der Waals surface area contributed by atoms with E-state index in [9.17, 15) is 9.18 Å². The molecule has 0 aliphatic carbocycles. The third-order valence-corrected chi connectivity index (χ3v) is 5.68. The number of nitrogens with zero attached hydrogens (tertiary/aromatic N) is 3. The maximum Gasteiger partial charge on any atom is 0.252 e. The van der Waals surface area contributed by atoms with E-state index in [2.05, 4.69) is 15.9 Å². The summed E-state index contributed by atoms with van der Waals surface area (Å²) < 4.78 is 19.5. The highest BCUT2D eigenvalue weighted by Crippen LogP contribution is 2.25. The van der Waals surface area contributed by atoms with Gasteiger partial charge in [0.25, 0.3) is 5.91 Å². The average molecular weight is 355 g/mol. The number of alkyl halides is 1. The van der Waals surface area contributed by atoms with Gasteiger partial charge in [-0.3, -0.25) is 9.69 Å². The standard InChI is InChI=1S/C17H26FN3O2S/c1-19-5-6-23-16(12-19)17(22)20(2)10-14-8-13(18)9-21(14)11-15-4-3-7-24-15/h3-4,7,13-14,16H,5-6,8-12H2,1-2H3/t13-,14-,16-/m0/s1. The molecule has 0 aromatic carbocycles. The van der Waals surface area contributed by atoms with Gasteiger partial charge in [-0.05, 0) is 24.9 Å². The number of carbonyl (C=O) groups excluding carboxylic acids is 1. The predicted octanol–water partition coefficient (Wildman–Crippen LogP) is 1.45. The van der Waals surface area contributed by atoms with Crippen molar-refractivity contribution in [3.05, 3.63) is 22.4 Å². The number of amides is 1. The Labute approximate surface area is 147 Å². The second-order valence-corrected chi connectivity index (χ2v) is 7.87. The molecule has 1 amide bonds. The molecule has 24 heavy (non-hydrogen) atoms. The first kappa shape index (κ1) is 17.8. The van der Waals surface area contributed by atoms with Crippen molar-refractivity contribution in [3.63, 3.8) is 0 Å². The van der Waals surface area contributed by atoms with Crippen LogP contribution in [0.3, 0.4) is 0 Å². The summed E-state index contributed by atoms with van der Waals surface area (Å²) in [6, 6.07) is 4.16. The molecule has 134 valence electrons. The predicted molar refractivity (Wildman–Crippen MR) is 92.9 cm³/mol. The van der Waals surface area contributed by atoms with Crippen LogP contribution in [-0.2, 0) is 16.1 Å². The Morgan fingerprint density at radius 1 is 1.50 bits per heavy atom. The number of morpholine rings is 1. The number of halogens is 1. The summed E-state index contributed by atoms with van der Waals surface area (Å²) in [5.74, 6) is -0.0000632. The van der Waals surface area contributed by atoms with Gasteiger partial charge in [0.1, 0.15) is 12.3 Å². The minimum absolute atomic E-state index is 0.0000632. The summed E-state index contributed by atoms with van der Waals surface area (Å²) in [5.41, 5.74) is 0. The highest BCUT2D eigenvalue weighted by molar-refractivity contribution is 7.09. The van der Waals surface area contributed by atoms with Crippen molar-refractivity contribution in [1.29, 1.82) is 0 Å². The molecule has 0 saturated carbocycles. The van der Waals surface area contributed by atoms with Crippen LogP contribution in [0.5, 0.6) is 0 Å². The molecule has 3 heterocycles. The lowest BCUT2D eigenvalue weighted by atomic mass is 10.1. The zero-order valence-electron chi connectivity index (χ0n) is 14.4. The number of likely N-dealkylation sites (tertiary alicyclic amines) is 1. The minimum atomic E-state index is -0.810. The van der Waals surface area contributed by atoms with Crippen LogP contribution >= 0.6 is 11.3 Å². The Morgan fingerprint density at radius 2 is 2.33 bits per heavy atom. The molecule has 1 aromatic rings. The average Bonchev–Trinajstić information content (AvgIpc) is 3.17. The largest absolute Gasteiger partial charge is 0.366 e. The smallest absolute Gasteiger partial charge is 0.252 e. The van der Waals surface area contributed by atoms with E-state index in [-0.39, 0.29) is 11.9 Å². The van der Waals surface area contributed by atoms with E-state index in [4.69, 9.17) is 4.74 Å². The zero-order valence-corrected chi connectivity index (χ0v) is 15.2. The third-order valence-electron chi connectivity index (χ3n) is 4.82. The number of rotatable bonds is 5. The minimum Gasteiger partial charge on any atom is -0.366 e. The van der Waals surface area contributed by atoms with Crippen LogP contribution in [0.4, 0.5) is 4.39 Å². The van der Waals surface area contributed by atoms with Crippen molar-refractivity contribution < 1.29 is 13.9 Å². The molecular formula is C17H26FN3O2S. The highest BCUT2D eigenvalue weighted by atomic mass is 32.1. The maximum absolute atomic E-state index is 13.9. The monoisotopic (exact) mass is 355 g/mol. The molecule has 1 aromatic heterocycles. The summed E-state index contributed by atoms with van der Waals surface area (Å²) in [6.07, 6.45) is -0.716. The topological polar surface area (TPSA) is 36.0 Å². The number of carbonyl (C=O) groups is 1. The zero-order chi connectivity index (χ0) is 17.1. The van der Waals surface area contributed by atoms with Crippen LogP contribution in [-0.4, -0.2) is 85.8 Å². The van der Waals surface area contributed by atoms with E-state index in [1.807, 2.05) is 18.5 Å². The van der Waals surface area contributed by atoms with E-state index in [0.29, 0.717) is 32.7 Å². The van der Waals surface area contributed by atoms with Crippen LogP contribution in [0.1, 0.15) is 11.3 Å². The Balaban J connectivity index is 1.57. The molecule has 2 saturated heterocycles. The molecule has 2 aliphatic rings. The summed E-state index contributed by atoms with van der Waals surface area (Å²) in [7, 11) is 3.80. The van der Waals surface area contributed by atoms with Crippen molar-refractivity contribution in [2.45, 2.75) is 31.3 Å². The molecular weight excluding hydrogens is 329 g/mol. The molecule has 0 spiro atoms. The van der Waals surface area contributed by atoms with Gasteiger partial charge in [0.15, 0.2) is 0 Å². The van der Waals surface area contributed by atoms with E-state index >= 15 is 0 Å². The van der Waals surface area contributed by atoms with Crippen molar-refractivity contribution in [2.75, 3.05) is 46.9 Å². The second kappa shape index (κ2) is 7.91. The SMILES string of the molecule is CN1CCO[C@H](C(=O)N(C)C[C@@H]2C[C@H](F)CN2Cc2cccs2)C1. The van der Waals surface area contributed by atoms with Crippen LogP contribution in [0.15, 0.2) is 17.5 Å². The van der Waals surface area contributed by atoms with Gasteiger partial charge < -0.3 is 14.5 Å². The van der Waals surface area contributed by atoms with Crippen molar-refractivity contribution >= 4 is 17.2 Å². The maximum atomic E-state index is 13.9.